The van der Waals surface area contributed by atoms with Gasteiger partial charge >= 0.3 is 11.9 Å². The highest BCUT2D eigenvalue weighted by Gasteiger charge is 2.37. The molecule has 0 aliphatic carbocycles. The van der Waals surface area contributed by atoms with Crippen molar-refractivity contribution < 1.29 is 33.4 Å². The molecule has 0 saturated heterocycles. The second-order valence-corrected chi connectivity index (χ2v) is 7.91. The number of hydrogen-bond acceptors (Lipinski definition) is 7. The number of amides is 1. The number of ketones is 1. The number of hydrogen-bond donors (Lipinski definition) is 1. The van der Waals surface area contributed by atoms with E-state index in [0.717, 1.165) is 12.8 Å². The first-order valence-electron chi connectivity index (χ1n) is 11.0. The molecular formula is C24H35NO7. The lowest BCUT2D eigenvalue weighted by Gasteiger charge is -2.32. The highest BCUT2D eigenvalue weighted by molar-refractivity contribution is 5.97. The molecule has 0 aliphatic rings. The van der Waals surface area contributed by atoms with Gasteiger partial charge in [-0.2, -0.15) is 0 Å². The first kappa shape index (κ1) is 27.1. The largest absolute Gasteiger partial charge is 0.494 e. The van der Waals surface area contributed by atoms with Crippen LogP contribution >= 0.6 is 0 Å². The zero-order valence-corrected chi connectivity index (χ0v) is 19.5. The van der Waals surface area contributed by atoms with Crippen LogP contribution in [0.3, 0.4) is 0 Å². The van der Waals surface area contributed by atoms with Crippen LogP contribution in [0.5, 0.6) is 5.75 Å². The molecule has 1 rings (SSSR count). The van der Waals surface area contributed by atoms with E-state index >= 15 is 0 Å². The van der Waals surface area contributed by atoms with E-state index in [1.54, 1.807) is 24.3 Å². The normalized spacial score (nSPS) is 10.9. The van der Waals surface area contributed by atoms with Crippen molar-refractivity contribution in [1.29, 1.82) is 0 Å². The fourth-order valence-electron chi connectivity index (χ4n) is 3.16. The average Bonchev–Trinajstić information content (AvgIpc) is 2.73. The highest BCUT2D eigenvalue weighted by Crippen LogP contribution is 2.20. The van der Waals surface area contributed by atoms with Crippen molar-refractivity contribution in [1.82, 2.24) is 5.32 Å². The van der Waals surface area contributed by atoms with E-state index in [4.69, 9.17) is 14.2 Å². The van der Waals surface area contributed by atoms with Crippen LogP contribution in [0.2, 0.25) is 0 Å². The summed E-state index contributed by atoms with van der Waals surface area (Å²) in [4.78, 5) is 47.4. The molecule has 0 unspecified atom stereocenters. The third kappa shape index (κ3) is 10.9. The molecule has 0 bridgehead atoms. The number of esters is 2. The summed E-state index contributed by atoms with van der Waals surface area (Å²) in [5.74, 6) is -1.23. The fourth-order valence-corrected chi connectivity index (χ4v) is 3.16. The van der Waals surface area contributed by atoms with Crippen LogP contribution in [0.1, 0.15) is 76.6 Å². The second-order valence-electron chi connectivity index (χ2n) is 7.91. The Labute approximate surface area is 190 Å². The SMILES string of the molecule is CCCCCCCOc1ccc(C(=O)CC(COC(C)=O)(COC(C)=O)NC(C)=O)cc1. The standard InChI is InChI=1S/C24H35NO7/c1-5-6-7-8-9-14-30-22-12-10-21(11-13-22)23(29)15-24(25-18(2)26,16-31-19(3)27)17-32-20(4)28/h10-13H,5-9,14-17H2,1-4H3,(H,25,26). The summed E-state index contributed by atoms with van der Waals surface area (Å²) in [6.07, 6.45) is 5.51. The minimum Gasteiger partial charge on any atom is -0.494 e. The topological polar surface area (TPSA) is 108 Å². The van der Waals surface area contributed by atoms with Gasteiger partial charge in [0.1, 0.15) is 24.5 Å². The molecule has 0 atom stereocenters. The Kier molecular flexibility index (Phi) is 12.1. The summed E-state index contributed by atoms with van der Waals surface area (Å²) in [7, 11) is 0. The van der Waals surface area contributed by atoms with Crippen molar-refractivity contribution in [3.05, 3.63) is 29.8 Å². The Balaban J connectivity index is 2.82. The fraction of sp³-hybridized carbons (Fsp3) is 0.583. The molecule has 1 aromatic carbocycles. The Morgan fingerprint density at radius 2 is 1.41 bits per heavy atom. The number of unbranched alkanes of at least 4 members (excludes halogenated alkanes) is 4. The van der Waals surface area contributed by atoms with Gasteiger partial charge in [-0.15, -0.1) is 0 Å². The van der Waals surface area contributed by atoms with Crippen molar-refractivity contribution in [2.24, 2.45) is 0 Å². The van der Waals surface area contributed by atoms with E-state index in [-0.39, 0.29) is 25.4 Å². The Hall–Kier alpha value is -2.90. The van der Waals surface area contributed by atoms with Gasteiger partial charge in [-0.05, 0) is 30.7 Å². The average molecular weight is 450 g/mol. The molecule has 0 aliphatic heterocycles. The maximum atomic E-state index is 12.9. The first-order valence-corrected chi connectivity index (χ1v) is 11.0. The molecule has 178 valence electrons. The van der Waals surface area contributed by atoms with Crippen LogP contribution in [0.4, 0.5) is 0 Å². The molecular weight excluding hydrogens is 414 g/mol. The molecule has 8 nitrogen and oxygen atoms in total. The second kappa shape index (κ2) is 14.2. The molecule has 1 amide bonds. The quantitative estimate of drug-likeness (QED) is 0.247. The summed E-state index contributed by atoms with van der Waals surface area (Å²) < 4.78 is 15.8. The van der Waals surface area contributed by atoms with Crippen molar-refractivity contribution in [3.63, 3.8) is 0 Å². The third-order valence-electron chi connectivity index (χ3n) is 4.74. The predicted octanol–water partition coefficient (Wildman–Crippen LogP) is 3.61. The highest BCUT2D eigenvalue weighted by atomic mass is 16.5. The van der Waals surface area contributed by atoms with Crippen molar-refractivity contribution in [2.45, 2.75) is 71.8 Å². The number of nitrogens with one attached hydrogen (secondary N) is 1. The molecule has 0 heterocycles. The van der Waals surface area contributed by atoms with Crippen LogP contribution < -0.4 is 10.1 Å². The Bertz CT molecular complexity index is 740. The number of ether oxygens (including phenoxy) is 3. The van der Waals surface area contributed by atoms with Crippen LogP contribution in [0.25, 0.3) is 0 Å². The van der Waals surface area contributed by atoms with Crippen LogP contribution in [-0.4, -0.2) is 49.0 Å². The van der Waals surface area contributed by atoms with E-state index in [0.29, 0.717) is 17.9 Å². The van der Waals surface area contributed by atoms with Gasteiger partial charge in [0, 0.05) is 32.8 Å². The summed E-state index contributed by atoms with van der Waals surface area (Å²) in [5.41, 5.74) is -0.964. The Morgan fingerprint density at radius 3 is 1.91 bits per heavy atom. The van der Waals surface area contributed by atoms with Crippen molar-refractivity contribution in [2.75, 3.05) is 19.8 Å². The van der Waals surface area contributed by atoms with Crippen LogP contribution in [0.15, 0.2) is 24.3 Å². The maximum absolute atomic E-state index is 12.9. The van der Waals surface area contributed by atoms with Gasteiger partial charge in [-0.25, -0.2) is 0 Å². The predicted molar refractivity (Wildman–Crippen MR) is 119 cm³/mol. The number of rotatable bonds is 15. The maximum Gasteiger partial charge on any atom is 0.302 e. The molecule has 0 aromatic heterocycles. The number of benzene rings is 1. The summed E-state index contributed by atoms with van der Waals surface area (Å²) in [5, 5.41) is 2.63. The molecule has 1 N–H and O–H groups in total. The van der Waals surface area contributed by atoms with E-state index in [2.05, 4.69) is 12.2 Å². The monoisotopic (exact) mass is 449 g/mol. The van der Waals surface area contributed by atoms with Crippen molar-refractivity contribution >= 4 is 23.6 Å². The van der Waals surface area contributed by atoms with E-state index in [1.165, 1.54) is 40.0 Å². The van der Waals surface area contributed by atoms with Crippen molar-refractivity contribution in [3.8, 4) is 5.75 Å². The lowest BCUT2D eigenvalue weighted by atomic mass is 9.91. The molecule has 0 radical (unpaired) electrons. The molecule has 8 heteroatoms. The van der Waals surface area contributed by atoms with Crippen LogP contribution in [0, 0.1) is 0 Å². The van der Waals surface area contributed by atoms with Gasteiger partial charge < -0.3 is 19.5 Å². The van der Waals surface area contributed by atoms with Gasteiger partial charge in [0.05, 0.1) is 6.61 Å². The Morgan fingerprint density at radius 1 is 0.844 bits per heavy atom. The van der Waals surface area contributed by atoms with Crippen LogP contribution in [-0.2, 0) is 23.9 Å². The van der Waals surface area contributed by atoms with Gasteiger partial charge in [0.25, 0.3) is 0 Å². The van der Waals surface area contributed by atoms with Gasteiger partial charge in [0.2, 0.25) is 5.91 Å². The van der Waals surface area contributed by atoms with E-state index in [1.807, 2.05) is 0 Å². The third-order valence-corrected chi connectivity index (χ3v) is 4.74. The minimum atomic E-state index is -1.37. The number of Topliss-reactive ketones (excluding diaryl/α,β-unsaturated/α-hetero) is 1. The van der Waals surface area contributed by atoms with E-state index < -0.39 is 23.4 Å². The zero-order valence-electron chi connectivity index (χ0n) is 19.5. The zero-order chi connectivity index (χ0) is 24.0. The summed E-state index contributed by atoms with van der Waals surface area (Å²) in [6.45, 7) is 5.89. The van der Waals surface area contributed by atoms with E-state index in [9.17, 15) is 19.2 Å². The van der Waals surface area contributed by atoms with Gasteiger partial charge in [-0.1, -0.05) is 32.6 Å². The van der Waals surface area contributed by atoms with Gasteiger partial charge in [0.15, 0.2) is 5.78 Å². The number of carbonyl (C=O) groups is 4. The summed E-state index contributed by atoms with van der Waals surface area (Å²) in [6, 6.07) is 6.73. The first-order chi connectivity index (χ1) is 15.2. The smallest absolute Gasteiger partial charge is 0.302 e. The molecule has 1 aromatic rings. The summed E-state index contributed by atoms with van der Waals surface area (Å²) >= 11 is 0. The molecule has 0 saturated carbocycles. The minimum absolute atomic E-state index is 0.217. The number of carbonyl (C=O) groups excluding carboxylic acids is 4. The molecule has 0 fully saturated rings. The van der Waals surface area contributed by atoms with Gasteiger partial charge in [-0.3, -0.25) is 19.2 Å². The molecule has 32 heavy (non-hydrogen) atoms. The molecule has 0 spiro atoms. The lowest BCUT2D eigenvalue weighted by Crippen LogP contribution is -2.56. The lowest BCUT2D eigenvalue weighted by molar-refractivity contribution is -0.150.